The molecule has 1 aromatic rings. The summed E-state index contributed by atoms with van der Waals surface area (Å²) in [6.07, 6.45) is -4.64. The van der Waals surface area contributed by atoms with Crippen LogP contribution in [-0.2, 0) is 11.2 Å². The van der Waals surface area contributed by atoms with Crippen molar-refractivity contribution in [2.45, 2.75) is 19.0 Å². The number of nitrogens with one attached hydrogen (secondary N) is 1. The van der Waals surface area contributed by atoms with E-state index in [-0.39, 0.29) is 6.42 Å². The van der Waals surface area contributed by atoms with Crippen LogP contribution in [0.4, 0.5) is 8.78 Å². The lowest BCUT2D eigenvalue weighted by molar-refractivity contribution is -0.121. The average molecular weight is 259 g/mol. The van der Waals surface area contributed by atoms with E-state index in [9.17, 15) is 13.6 Å². The Bertz CT molecular complexity index is 399. The second-order valence-corrected chi connectivity index (χ2v) is 3.73. The van der Waals surface area contributed by atoms with Crippen molar-refractivity contribution in [3.63, 3.8) is 0 Å². The van der Waals surface area contributed by atoms with E-state index in [4.69, 9.17) is 9.84 Å². The van der Waals surface area contributed by atoms with Crippen LogP contribution in [0.3, 0.4) is 0 Å². The van der Waals surface area contributed by atoms with Gasteiger partial charge in [0.25, 0.3) is 6.43 Å². The number of rotatable bonds is 6. The van der Waals surface area contributed by atoms with Crippen molar-refractivity contribution in [2.24, 2.45) is 0 Å². The molecule has 0 aromatic heterocycles. The van der Waals surface area contributed by atoms with Gasteiger partial charge in [-0.25, -0.2) is 8.78 Å². The van der Waals surface area contributed by atoms with Crippen LogP contribution in [0, 0.1) is 0 Å². The molecule has 4 nitrogen and oxygen atoms in total. The van der Waals surface area contributed by atoms with Gasteiger partial charge < -0.3 is 15.2 Å². The molecule has 0 spiro atoms. The van der Waals surface area contributed by atoms with Gasteiger partial charge in [0.05, 0.1) is 13.5 Å². The number of alkyl halides is 2. The summed E-state index contributed by atoms with van der Waals surface area (Å²) in [5, 5.41) is 11.1. The van der Waals surface area contributed by atoms with E-state index in [1.54, 1.807) is 24.3 Å². The van der Waals surface area contributed by atoms with Crippen LogP contribution in [0.25, 0.3) is 0 Å². The van der Waals surface area contributed by atoms with Crippen LogP contribution in [-0.4, -0.2) is 37.2 Å². The monoisotopic (exact) mass is 259 g/mol. The van der Waals surface area contributed by atoms with Gasteiger partial charge in [-0.05, 0) is 17.7 Å². The Morgan fingerprint density at radius 3 is 2.83 bits per heavy atom. The lowest BCUT2D eigenvalue weighted by Crippen LogP contribution is -2.36. The molecular formula is C12H15F2NO3. The van der Waals surface area contributed by atoms with Crippen molar-refractivity contribution in [2.75, 3.05) is 13.7 Å². The Kier molecular flexibility index (Phi) is 5.51. The number of hydrogen-bond donors (Lipinski definition) is 2. The van der Waals surface area contributed by atoms with Crippen LogP contribution < -0.4 is 10.1 Å². The highest BCUT2D eigenvalue weighted by molar-refractivity contribution is 5.78. The summed E-state index contributed by atoms with van der Waals surface area (Å²) in [5.41, 5.74) is 0.707. The molecule has 0 saturated heterocycles. The molecular weight excluding hydrogens is 244 g/mol. The minimum atomic E-state index is -2.86. The SMILES string of the molecule is COc1cccc(CC(=O)NCC(O)C(F)F)c1. The zero-order valence-corrected chi connectivity index (χ0v) is 9.90. The third kappa shape index (κ3) is 4.67. The van der Waals surface area contributed by atoms with E-state index in [1.807, 2.05) is 0 Å². The second-order valence-electron chi connectivity index (χ2n) is 3.73. The van der Waals surface area contributed by atoms with Crippen LogP contribution in [0.15, 0.2) is 24.3 Å². The summed E-state index contributed by atoms with van der Waals surface area (Å²) in [4.78, 5) is 11.4. The normalized spacial score (nSPS) is 12.3. The number of hydrogen-bond acceptors (Lipinski definition) is 3. The Hall–Kier alpha value is -1.69. The number of benzene rings is 1. The number of halogens is 2. The van der Waals surface area contributed by atoms with Gasteiger partial charge in [-0.2, -0.15) is 0 Å². The number of ether oxygens (including phenoxy) is 1. The van der Waals surface area contributed by atoms with E-state index < -0.39 is 25.0 Å². The Balaban J connectivity index is 2.44. The number of carbonyl (C=O) groups is 1. The third-order valence-corrected chi connectivity index (χ3v) is 2.30. The summed E-state index contributed by atoms with van der Waals surface area (Å²) >= 11 is 0. The Morgan fingerprint density at radius 1 is 1.50 bits per heavy atom. The standard InChI is InChI=1S/C12H15F2NO3/c1-18-9-4-2-3-8(5-9)6-11(17)15-7-10(16)12(13)14/h2-5,10,12,16H,6-7H2,1H3,(H,15,17). The number of methoxy groups -OCH3 is 1. The molecule has 1 amide bonds. The Morgan fingerprint density at radius 2 is 2.22 bits per heavy atom. The van der Waals surface area contributed by atoms with Crippen LogP contribution in [0.2, 0.25) is 0 Å². The van der Waals surface area contributed by atoms with E-state index in [0.717, 1.165) is 0 Å². The fourth-order valence-electron chi connectivity index (χ4n) is 1.34. The maximum atomic E-state index is 12.0. The zero-order chi connectivity index (χ0) is 13.5. The number of aliphatic hydroxyl groups excluding tert-OH is 1. The maximum Gasteiger partial charge on any atom is 0.265 e. The van der Waals surface area contributed by atoms with Crippen molar-refractivity contribution in [3.8, 4) is 5.75 Å². The topological polar surface area (TPSA) is 58.6 Å². The predicted octanol–water partition coefficient (Wildman–Crippen LogP) is 0.980. The summed E-state index contributed by atoms with van der Waals surface area (Å²) in [6, 6.07) is 6.88. The molecule has 1 rings (SSSR count). The van der Waals surface area contributed by atoms with E-state index in [0.29, 0.717) is 11.3 Å². The first kappa shape index (κ1) is 14.4. The van der Waals surface area contributed by atoms with Gasteiger partial charge in [0.1, 0.15) is 11.9 Å². The highest BCUT2D eigenvalue weighted by atomic mass is 19.3. The number of carbonyl (C=O) groups excluding carboxylic acids is 1. The second kappa shape index (κ2) is 6.90. The fraction of sp³-hybridized carbons (Fsp3) is 0.417. The molecule has 6 heteroatoms. The zero-order valence-electron chi connectivity index (χ0n) is 9.90. The number of amides is 1. The van der Waals surface area contributed by atoms with Gasteiger partial charge in [0.2, 0.25) is 5.91 Å². The minimum Gasteiger partial charge on any atom is -0.497 e. The summed E-state index contributed by atoms with van der Waals surface area (Å²) in [7, 11) is 1.51. The van der Waals surface area contributed by atoms with Crippen molar-refractivity contribution >= 4 is 5.91 Å². The minimum absolute atomic E-state index is 0.0488. The summed E-state index contributed by atoms with van der Waals surface area (Å²) in [6.45, 7) is -0.458. The third-order valence-electron chi connectivity index (χ3n) is 2.30. The molecule has 18 heavy (non-hydrogen) atoms. The lowest BCUT2D eigenvalue weighted by Gasteiger charge is -2.10. The molecule has 1 aromatic carbocycles. The van der Waals surface area contributed by atoms with E-state index >= 15 is 0 Å². The van der Waals surface area contributed by atoms with Gasteiger partial charge >= 0.3 is 0 Å². The predicted molar refractivity (Wildman–Crippen MR) is 61.7 cm³/mol. The lowest BCUT2D eigenvalue weighted by atomic mass is 10.1. The molecule has 1 unspecified atom stereocenters. The van der Waals surface area contributed by atoms with Crippen LogP contribution >= 0.6 is 0 Å². The average Bonchev–Trinajstić information content (AvgIpc) is 2.36. The van der Waals surface area contributed by atoms with Gasteiger partial charge in [0.15, 0.2) is 0 Å². The molecule has 0 aliphatic carbocycles. The molecule has 0 saturated carbocycles. The first-order valence-electron chi connectivity index (χ1n) is 5.38. The molecule has 0 heterocycles. The molecule has 0 fully saturated rings. The number of aliphatic hydroxyl groups is 1. The molecule has 0 aliphatic rings. The van der Waals surface area contributed by atoms with Crippen molar-refractivity contribution in [3.05, 3.63) is 29.8 Å². The first-order chi connectivity index (χ1) is 8.52. The van der Waals surface area contributed by atoms with E-state index in [2.05, 4.69) is 5.32 Å². The van der Waals surface area contributed by atoms with Crippen molar-refractivity contribution < 1.29 is 23.4 Å². The van der Waals surface area contributed by atoms with Crippen molar-refractivity contribution in [1.82, 2.24) is 5.32 Å². The van der Waals surface area contributed by atoms with Gasteiger partial charge in [0, 0.05) is 6.54 Å². The van der Waals surface area contributed by atoms with E-state index in [1.165, 1.54) is 7.11 Å². The van der Waals surface area contributed by atoms with Gasteiger partial charge in [-0.1, -0.05) is 12.1 Å². The van der Waals surface area contributed by atoms with Crippen LogP contribution in [0.5, 0.6) is 5.75 Å². The molecule has 0 radical (unpaired) electrons. The first-order valence-corrected chi connectivity index (χ1v) is 5.38. The Labute approximate surface area is 104 Å². The fourth-order valence-corrected chi connectivity index (χ4v) is 1.34. The highest BCUT2D eigenvalue weighted by Gasteiger charge is 2.17. The molecule has 100 valence electrons. The largest absolute Gasteiger partial charge is 0.497 e. The summed E-state index contributed by atoms with van der Waals surface area (Å²) < 4.78 is 29.0. The molecule has 1 atom stereocenters. The molecule has 0 bridgehead atoms. The highest BCUT2D eigenvalue weighted by Crippen LogP contribution is 2.12. The maximum absolute atomic E-state index is 12.0. The summed E-state index contributed by atoms with van der Waals surface area (Å²) in [5.74, 6) is 0.191. The van der Waals surface area contributed by atoms with Gasteiger partial charge in [-0.3, -0.25) is 4.79 Å². The van der Waals surface area contributed by atoms with Gasteiger partial charge in [-0.15, -0.1) is 0 Å². The molecule has 0 aliphatic heterocycles. The smallest absolute Gasteiger partial charge is 0.265 e. The van der Waals surface area contributed by atoms with Crippen LogP contribution in [0.1, 0.15) is 5.56 Å². The quantitative estimate of drug-likeness (QED) is 0.800. The molecule has 2 N–H and O–H groups in total. The van der Waals surface area contributed by atoms with Crippen molar-refractivity contribution in [1.29, 1.82) is 0 Å².